The first-order valence-electron chi connectivity index (χ1n) is 19.7. The van der Waals surface area contributed by atoms with Gasteiger partial charge in [0.1, 0.15) is 0 Å². The standard InChI is InChI=1S/C54H36N4O/c1-3-41-45(4-2)55-54(56-52(41)36-18-7-5-8-19-36)38-20-15-23-40(33-38)58-48-32-29-35-17-11-12-24-42(35)51(48)44-26-16-25-43(53(44)58)37-30-31-47-50(34-37)59-49-28-14-13-27-46(49)57(47)39-21-9-6-10-22-39/h3-34H,1-2H2. The number of fused-ring (bicyclic) bond motifs is 7. The van der Waals surface area contributed by atoms with Gasteiger partial charge in [0, 0.05) is 44.4 Å². The molecular formula is C54H36N4O. The summed E-state index contributed by atoms with van der Waals surface area (Å²) in [5.41, 5.74) is 12.7. The summed E-state index contributed by atoms with van der Waals surface area (Å²) in [6.45, 7) is 8.20. The van der Waals surface area contributed by atoms with Gasteiger partial charge in [0.15, 0.2) is 17.3 Å². The molecule has 0 aliphatic carbocycles. The van der Waals surface area contributed by atoms with Gasteiger partial charge in [0.2, 0.25) is 0 Å². The quantitative estimate of drug-likeness (QED) is 0.162. The lowest BCUT2D eigenvalue weighted by atomic mass is 9.99. The summed E-state index contributed by atoms with van der Waals surface area (Å²) < 4.78 is 9.10. The van der Waals surface area contributed by atoms with Crippen LogP contribution in [0.5, 0.6) is 11.5 Å². The lowest BCUT2D eigenvalue weighted by Crippen LogP contribution is -2.15. The van der Waals surface area contributed by atoms with Crippen LogP contribution >= 0.6 is 0 Å². The Morgan fingerprint density at radius 3 is 2.07 bits per heavy atom. The molecule has 59 heavy (non-hydrogen) atoms. The molecule has 0 N–H and O–H groups in total. The van der Waals surface area contributed by atoms with Gasteiger partial charge >= 0.3 is 0 Å². The van der Waals surface area contributed by atoms with Crippen molar-refractivity contribution in [3.05, 3.63) is 206 Å². The van der Waals surface area contributed by atoms with Crippen LogP contribution in [0.3, 0.4) is 0 Å². The highest BCUT2D eigenvalue weighted by atomic mass is 16.5. The van der Waals surface area contributed by atoms with Crippen LogP contribution in [0.4, 0.5) is 17.1 Å². The number of ether oxygens (including phenoxy) is 1. The van der Waals surface area contributed by atoms with Gasteiger partial charge in [-0.2, -0.15) is 0 Å². The normalized spacial score (nSPS) is 12.0. The van der Waals surface area contributed by atoms with E-state index in [0.29, 0.717) is 5.82 Å². The largest absolute Gasteiger partial charge is 0.453 e. The van der Waals surface area contributed by atoms with Gasteiger partial charge in [-0.3, -0.25) is 0 Å². The van der Waals surface area contributed by atoms with E-state index in [9.17, 15) is 0 Å². The number of benzene rings is 8. The third kappa shape index (κ3) is 5.55. The molecule has 278 valence electrons. The van der Waals surface area contributed by atoms with Gasteiger partial charge in [0.05, 0.1) is 33.8 Å². The van der Waals surface area contributed by atoms with Gasteiger partial charge < -0.3 is 14.2 Å². The molecule has 2 aromatic heterocycles. The molecule has 0 amide bonds. The van der Waals surface area contributed by atoms with Crippen molar-refractivity contribution in [2.45, 2.75) is 0 Å². The second-order valence-electron chi connectivity index (χ2n) is 14.7. The van der Waals surface area contributed by atoms with Gasteiger partial charge in [-0.15, -0.1) is 0 Å². The summed E-state index contributed by atoms with van der Waals surface area (Å²) >= 11 is 0. The van der Waals surface area contributed by atoms with Crippen LogP contribution in [0.1, 0.15) is 11.3 Å². The van der Waals surface area contributed by atoms with Gasteiger partial charge in [-0.05, 0) is 77.0 Å². The van der Waals surface area contributed by atoms with Crippen LogP contribution in [0, 0.1) is 0 Å². The number of anilines is 3. The van der Waals surface area contributed by atoms with E-state index < -0.39 is 0 Å². The molecule has 11 rings (SSSR count). The SMILES string of the molecule is C=Cc1nc(-c2cccc(-n3c4ccc5ccccc5c4c4cccc(-c5ccc6c(c5)Oc5ccccc5N6c5ccccc5)c43)c2)nc(-c2ccccc2)c1C=C. The van der Waals surface area contributed by atoms with Crippen LogP contribution < -0.4 is 9.64 Å². The molecule has 8 aromatic carbocycles. The Bertz CT molecular complexity index is 3290. The Hall–Kier alpha value is -8.02. The highest BCUT2D eigenvalue weighted by Crippen LogP contribution is 2.52. The second kappa shape index (κ2) is 13.9. The van der Waals surface area contributed by atoms with Crippen molar-refractivity contribution in [3.8, 4) is 51.0 Å². The Morgan fingerprint density at radius 1 is 0.508 bits per heavy atom. The average molecular weight is 757 g/mol. The van der Waals surface area contributed by atoms with E-state index in [4.69, 9.17) is 14.7 Å². The van der Waals surface area contributed by atoms with Gasteiger partial charge in [0.25, 0.3) is 0 Å². The fraction of sp³-hybridized carbons (Fsp3) is 0. The predicted octanol–water partition coefficient (Wildman–Crippen LogP) is 14.6. The van der Waals surface area contributed by atoms with E-state index in [2.05, 4.69) is 168 Å². The second-order valence-corrected chi connectivity index (χ2v) is 14.7. The number of hydrogen-bond acceptors (Lipinski definition) is 4. The topological polar surface area (TPSA) is 43.2 Å². The van der Waals surface area contributed by atoms with Crippen LogP contribution in [-0.4, -0.2) is 14.5 Å². The molecule has 0 saturated heterocycles. The van der Waals surface area contributed by atoms with Crippen molar-refractivity contribution in [1.82, 2.24) is 14.5 Å². The van der Waals surface area contributed by atoms with Crippen LogP contribution in [-0.2, 0) is 0 Å². The van der Waals surface area contributed by atoms with Crippen molar-refractivity contribution in [2.75, 3.05) is 4.90 Å². The third-order valence-electron chi connectivity index (χ3n) is 11.3. The maximum absolute atomic E-state index is 6.70. The van der Waals surface area contributed by atoms with E-state index in [1.807, 2.05) is 42.5 Å². The molecule has 10 aromatic rings. The maximum Gasteiger partial charge on any atom is 0.160 e. The van der Waals surface area contributed by atoms with Gasteiger partial charge in [-0.1, -0.05) is 147 Å². The van der Waals surface area contributed by atoms with Crippen molar-refractivity contribution >= 4 is 61.8 Å². The minimum atomic E-state index is 0.618. The van der Waals surface area contributed by atoms with Crippen molar-refractivity contribution in [3.63, 3.8) is 0 Å². The zero-order valence-electron chi connectivity index (χ0n) is 32.1. The fourth-order valence-electron chi connectivity index (χ4n) is 8.69. The zero-order chi connectivity index (χ0) is 39.5. The third-order valence-corrected chi connectivity index (χ3v) is 11.3. The van der Waals surface area contributed by atoms with E-state index in [-0.39, 0.29) is 0 Å². The fourth-order valence-corrected chi connectivity index (χ4v) is 8.69. The van der Waals surface area contributed by atoms with Crippen molar-refractivity contribution in [2.24, 2.45) is 0 Å². The predicted molar refractivity (Wildman–Crippen MR) is 245 cm³/mol. The van der Waals surface area contributed by atoms with Crippen LogP contribution in [0.25, 0.3) is 84.2 Å². The van der Waals surface area contributed by atoms with E-state index in [0.717, 1.165) is 84.5 Å². The summed E-state index contributed by atoms with van der Waals surface area (Å²) in [6.07, 6.45) is 3.59. The monoisotopic (exact) mass is 756 g/mol. The van der Waals surface area contributed by atoms with Gasteiger partial charge in [-0.25, -0.2) is 9.97 Å². The molecule has 3 heterocycles. The van der Waals surface area contributed by atoms with E-state index >= 15 is 0 Å². The molecule has 5 heteroatoms. The summed E-state index contributed by atoms with van der Waals surface area (Å²) in [7, 11) is 0. The Morgan fingerprint density at radius 2 is 1.22 bits per heavy atom. The molecule has 1 aliphatic rings. The lowest BCUT2D eigenvalue weighted by molar-refractivity contribution is 0.477. The summed E-state index contributed by atoms with van der Waals surface area (Å²) in [5.74, 6) is 2.23. The van der Waals surface area contributed by atoms with E-state index in [1.54, 1.807) is 6.08 Å². The number of para-hydroxylation sites is 4. The molecule has 0 radical (unpaired) electrons. The van der Waals surface area contributed by atoms with Crippen LogP contribution in [0.2, 0.25) is 0 Å². The first-order chi connectivity index (χ1) is 29.2. The molecule has 0 bridgehead atoms. The van der Waals surface area contributed by atoms with Crippen LogP contribution in [0.15, 0.2) is 195 Å². The van der Waals surface area contributed by atoms with E-state index in [1.165, 1.54) is 21.5 Å². The molecule has 0 saturated carbocycles. The molecule has 1 aliphatic heterocycles. The van der Waals surface area contributed by atoms with Crippen molar-refractivity contribution in [1.29, 1.82) is 0 Å². The number of nitrogens with zero attached hydrogens (tertiary/aromatic N) is 4. The minimum absolute atomic E-state index is 0.618. The molecule has 0 spiro atoms. The Kier molecular flexibility index (Phi) is 8.05. The molecule has 5 nitrogen and oxygen atoms in total. The van der Waals surface area contributed by atoms with Crippen molar-refractivity contribution < 1.29 is 4.74 Å². The Labute approximate surface area is 342 Å². The highest BCUT2D eigenvalue weighted by molar-refractivity contribution is 6.23. The highest BCUT2D eigenvalue weighted by Gasteiger charge is 2.27. The minimum Gasteiger partial charge on any atom is -0.453 e. The molecule has 0 unspecified atom stereocenters. The zero-order valence-corrected chi connectivity index (χ0v) is 32.1. The molecule has 0 fully saturated rings. The summed E-state index contributed by atoms with van der Waals surface area (Å²) in [5, 5.41) is 4.77. The lowest BCUT2D eigenvalue weighted by Gasteiger charge is -2.33. The summed E-state index contributed by atoms with van der Waals surface area (Å²) in [4.78, 5) is 12.5. The smallest absolute Gasteiger partial charge is 0.160 e. The number of rotatable bonds is 7. The average Bonchev–Trinajstić information content (AvgIpc) is 3.66. The molecule has 0 atom stereocenters. The maximum atomic E-state index is 6.70. The summed E-state index contributed by atoms with van der Waals surface area (Å²) in [6, 6.07) is 63.7. The first kappa shape index (κ1) is 34.2. The first-order valence-corrected chi connectivity index (χ1v) is 19.7. The Balaban J connectivity index is 1.14. The number of aromatic nitrogens is 3. The molecular weight excluding hydrogens is 721 g/mol. The number of hydrogen-bond donors (Lipinski definition) is 0.